The summed E-state index contributed by atoms with van der Waals surface area (Å²) in [5, 5.41) is 10.5. The van der Waals surface area contributed by atoms with Gasteiger partial charge >= 0.3 is 6.09 Å². The van der Waals surface area contributed by atoms with Crippen molar-refractivity contribution in [2.75, 3.05) is 6.61 Å². The van der Waals surface area contributed by atoms with Gasteiger partial charge in [0, 0.05) is 0 Å². The second-order valence-electron chi connectivity index (χ2n) is 1.89. The normalized spacial score (nSPS) is 9.75. The van der Waals surface area contributed by atoms with Crippen LogP contribution in [0, 0.1) is 3.95 Å². The molecule has 0 bridgehead atoms. The minimum absolute atomic E-state index is 0.177. The van der Waals surface area contributed by atoms with Crippen LogP contribution >= 0.6 is 23.6 Å². The zero-order chi connectivity index (χ0) is 9.14. The van der Waals surface area contributed by atoms with Gasteiger partial charge in [0.15, 0.2) is 3.95 Å². The standard InChI is InChI=1S/C6H7NO3S2/c1-2-10-5(9)7-4(8)3-12-6(7)11/h3,8H,2H2,1H3. The Morgan fingerprint density at radius 2 is 2.58 bits per heavy atom. The smallest absolute Gasteiger partial charge is 0.422 e. The van der Waals surface area contributed by atoms with Crippen LogP contribution in [-0.2, 0) is 4.74 Å². The maximum atomic E-state index is 11.1. The molecule has 0 atom stereocenters. The number of carbonyl (C=O) groups is 1. The van der Waals surface area contributed by atoms with E-state index in [2.05, 4.69) is 4.74 Å². The molecule has 0 amide bonds. The lowest BCUT2D eigenvalue weighted by molar-refractivity contribution is 0.151. The van der Waals surface area contributed by atoms with E-state index >= 15 is 0 Å². The fraction of sp³-hybridized carbons (Fsp3) is 0.333. The van der Waals surface area contributed by atoms with Crippen LogP contribution < -0.4 is 0 Å². The van der Waals surface area contributed by atoms with Crippen molar-refractivity contribution < 1.29 is 14.6 Å². The predicted molar refractivity (Wildman–Crippen MR) is 47.2 cm³/mol. The lowest BCUT2D eigenvalue weighted by Crippen LogP contribution is -2.12. The average Bonchev–Trinajstić information content (AvgIpc) is 2.32. The Labute approximate surface area is 78.0 Å². The van der Waals surface area contributed by atoms with Crippen LogP contribution in [0.2, 0.25) is 0 Å². The van der Waals surface area contributed by atoms with E-state index in [1.165, 1.54) is 5.38 Å². The lowest BCUT2D eigenvalue weighted by Gasteiger charge is -2.01. The number of aromatic hydroxyl groups is 1. The molecule has 0 radical (unpaired) electrons. The van der Waals surface area contributed by atoms with Gasteiger partial charge in [-0.25, -0.2) is 4.79 Å². The van der Waals surface area contributed by atoms with Gasteiger partial charge in [0.05, 0.1) is 12.0 Å². The van der Waals surface area contributed by atoms with Crippen molar-refractivity contribution in [3.63, 3.8) is 0 Å². The molecular weight excluding hydrogens is 198 g/mol. The van der Waals surface area contributed by atoms with Crippen molar-refractivity contribution in [2.45, 2.75) is 6.92 Å². The molecule has 0 spiro atoms. The topological polar surface area (TPSA) is 51.5 Å². The molecule has 0 saturated heterocycles. The fourth-order valence-corrected chi connectivity index (χ4v) is 1.56. The van der Waals surface area contributed by atoms with Gasteiger partial charge in [-0.05, 0) is 19.1 Å². The Kier molecular flexibility index (Phi) is 2.83. The zero-order valence-electron chi connectivity index (χ0n) is 6.31. The molecule has 1 aromatic heterocycles. The van der Waals surface area contributed by atoms with Crippen LogP contribution in [0.1, 0.15) is 6.92 Å². The van der Waals surface area contributed by atoms with Gasteiger partial charge in [-0.3, -0.25) is 0 Å². The third-order valence-electron chi connectivity index (χ3n) is 1.13. The van der Waals surface area contributed by atoms with E-state index in [1.807, 2.05) is 0 Å². The Bertz CT molecular complexity index is 341. The quantitative estimate of drug-likeness (QED) is 0.712. The second kappa shape index (κ2) is 3.68. The van der Waals surface area contributed by atoms with Gasteiger partial charge in [-0.15, -0.1) is 11.3 Å². The molecule has 0 aliphatic carbocycles. The summed E-state index contributed by atoms with van der Waals surface area (Å²) >= 11 is 5.90. The molecule has 1 rings (SSSR count). The molecule has 0 saturated carbocycles. The minimum atomic E-state index is -0.638. The largest absolute Gasteiger partial charge is 0.493 e. The van der Waals surface area contributed by atoms with E-state index in [1.54, 1.807) is 6.92 Å². The number of aromatic nitrogens is 1. The van der Waals surface area contributed by atoms with E-state index in [9.17, 15) is 4.79 Å². The van der Waals surface area contributed by atoms with Gasteiger partial charge in [0.2, 0.25) is 5.88 Å². The van der Waals surface area contributed by atoms with E-state index < -0.39 is 6.09 Å². The Hall–Kier alpha value is -0.880. The number of rotatable bonds is 1. The molecule has 0 fully saturated rings. The summed E-state index contributed by atoms with van der Waals surface area (Å²) < 4.78 is 5.88. The predicted octanol–water partition coefficient (Wildman–Crippen LogP) is 1.99. The van der Waals surface area contributed by atoms with Crippen molar-refractivity contribution >= 4 is 29.6 Å². The maximum Gasteiger partial charge on any atom is 0.422 e. The van der Waals surface area contributed by atoms with Gasteiger partial charge in [-0.1, -0.05) is 0 Å². The summed E-state index contributed by atoms with van der Waals surface area (Å²) in [6.45, 7) is 1.95. The fourth-order valence-electron chi connectivity index (χ4n) is 0.658. The van der Waals surface area contributed by atoms with Gasteiger partial charge in [-0.2, -0.15) is 4.57 Å². The van der Waals surface area contributed by atoms with Crippen LogP contribution in [0.3, 0.4) is 0 Å². The van der Waals surface area contributed by atoms with Crippen LogP contribution in [0.5, 0.6) is 5.88 Å². The van der Waals surface area contributed by atoms with Crippen molar-refractivity contribution in [1.82, 2.24) is 4.57 Å². The third-order valence-corrected chi connectivity index (χ3v) is 2.31. The Morgan fingerprint density at radius 3 is 3.00 bits per heavy atom. The molecule has 6 heteroatoms. The lowest BCUT2D eigenvalue weighted by atomic mass is 10.8. The van der Waals surface area contributed by atoms with Crippen molar-refractivity contribution in [2.24, 2.45) is 0 Å². The van der Waals surface area contributed by atoms with Crippen LogP contribution in [0.15, 0.2) is 5.38 Å². The highest BCUT2D eigenvalue weighted by atomic mass is 32.1. The summed E-state index contributed by atoms with van der Waals surface area (Å²) in [6, 6.07) is 0. The number of hydrogen-bond donors (Lipinski definition) is 1. The summed E-state index contributed by atoms with van der Waals surface area (Å²) in [7, 11) is 0. The molecule has 4 nitrogen and oxygen atoms in total. The summed E-state index contributed by atoms with van der Waals surface area (Å²) in [4.78, 5) is 11.1. The number of carbonyl (C=O) groups excluding carboxylic acids is 1. The van der Waals surface area contributed by atoms with Crippen LogP contribution in [0.25, 0.3) is 0 Å². The SMILES string of the molecule is CCOC(=O)n1c(O)csc1=S. The van der Waals surface area contributed by atoms with Crippen molar-refractivity contribution in [3.8, 4) is 5.88 Å². The van der Waals surface area contributed by atoms with E-state index in [-0.39, 0.29) is 16.4 Å². The first-order chi connectivity index (χ1) is 5.66. The highest BCUT2D eigenvalue weighted by molar-refractivity contribution is 7.73. The monoisotopic (exact) mass is 205 g/mol. The molecule has 12 heavy (non-hydrogen) atoms. The molecular formula is C6H7NO3S2. The van der Waals surface area contributed by atoms with E-state index in [0.29, 0.717) is 0 Å². The summed E-state index contributed by atoms with van der Waals surface area (Å²) in [6.07, 6.45) is -0.638. The Balaban J connectivity index is 3.01. The molecule has 1 N–H and O–H groups in total. The van der Waals surface area contributed by atoms with Crippen LogP contribution in [-0.4, -0.2) is 22.4 Å². The van der Waals surface area contributed by atoms with Crippen LogP contribution in [0.4, 0.5) is 4.79 Å². The first-order valence-electron chi connectivity index (χ1n) is 3.23. The number of thiazole rings is 1. The van der Waals surface area contributed by atoms with Crippen molar-refractivity contribution in [1.29, 1.82) is 0 Å². The highest BCUT2D eigenvalue weighted by Gasteiger charge is 2.11. The minimum Gasteiger partial charge on any atom is -0.493 e. The number of nitrogens with zero attached hydrogens (tertiary/aromatic N) is 1. The van der Waals surface area contributed by atoms with E-state index in [4.69, 9.17) is 17.3 Å². The molecule has 66 valence electrons. The first kappa shape index (κ1) is 9.21. The van der Waals surface area contributed by atoms with E-state index in [0.717, 1.165) is 15.9 Å². The molecule has 0 aromatic carbocycles. The zero-order valence-corrected chi connectivity index (χ0v) is 7.94. The molecule has 0 aliphatic rings. The third kappa shape index (κ3) is 1.64. The van der Waals surface area contributed by atoms with Gasteiger partial charge in [0.25, 0.3) is 0 Å². The second-order valence-corrected chi connectivity index (χ2v) is 3.40. The summed E-state index contributed by atoms with van der Waals surface area (Å²) in [5.41, 5.74) is 0. The number of ether oxygens (including phenoxy) is 1. The van der Waals surface area contributed by atoms with Gasteiger partial charge in [0.1, 0.15) is 0 Å². The highest BCUT2D eigenvalue weighted by Crippen LogP contribution is 2.16. The first-order valence-corrected chi connectivity index (χ1v) is 4.52. The molecule has 0 unspecified atom stereocenters. The maximum absolute atomic E-state index is 11.1. The average molecular weight is 205 g/mol. The molecule has 0 aliphatic heterocycles. The molecule has 1 heterocycles. The summed E-state index contributed by atoms with van der Waals surface area (Å²) in [5.74, 6) is -0.177. The Morgan fingerprint density at radius 1 is 1.92 bits per heavy atom. The van der Waals surface area contributed by atoms with Crippen molar-refractivity contribution in [3.05, 3.63) is 9.33 Å². The number of hydrogen-bond acceptors (Lipinski definition) is 5. The van der Waals surface area contributed by atoms with Gasteiger partial charge < -0.3 is 9.84 Å². The molecule has 1 aromatic rings.